The van der Waals surface area contributed by atoms with E-state index in [4.69, 9.17) is 5.11 Å². The van der Waals surface area contributed by atoms with E-state index in [0.717, 1.165) is 31.4 Å². The van der Waals surface area contributed by atoms with Crippen LogP contribution in [0.5, 0.6) is 0 Å². The number of nitrogens with zero attached hydrogens (tertiary/aromatic N) is 3. The number of alkyl halides is 3. The molecule has 218 valence electrons. The largest absolute Gasteiger partial charge is 0.523 e. The van der Waals surface area contributed by atoms with Gasteiger partial charge in [-0.05, 0) is 61.3 Å². The summed E-state index contributed by atoms with van der Waals surface area (Å²) in [6.07, 6.45) is 3.08. The first-order chi connectivity index (χ1) is 19.0. The van der Waals surface area contributed by atoms with Gasteiger partial charge in [0.15, 0.2) is 6.23 Å². The molecule has 0 radical (unpaired) electrons. The van der Waals surface area contributed by atoms with Crippen LogP contribution in [0.2, 0.25) is 0 Å². The van der Waals surface area contributed by atoms with E-state index in [9.17, 15) is 27.9 Å². The van der Waals surface area contributed by atoms with E-state index in [0.29, 0.717) is 49.5 Å². The normalized spacial score (nSPS) is 25.2. The van der Waals surface area contributed by atoms with Gasteiger partial charge in [-0.1, -0.05) is 43.2 Å². The van der Waals surface area contributed by atoms with Crippen LogP contribution in [0.25, 0.3) is 0 Å². The molecule has 2 amide bonds. The Morgan fingerprint density at radius 2 is 1.88 bits per heavy atom. The van der Waals surface area contributed by atoms with E-state index in [2.05, 4.69) is 9.64 Å². The molecule has 2 aliphatic carbocycles. The Hall–Kier alpha value is -3.05. The fraction of sp³-hybridized carbons (Fsp3) is 0.586. The minimum Gasteiger partial charge on any atom is -0.481 e. The van der Waals surface area contributed by atoms with Gasteiger partial charge in [0.2, 0.25) is 0 Å². The summed E-state index contributed by atoms with van der Waals surface area (Å²) >= 11 is 0. The summed E-state index contributed by atoms with van der Waals surface area (Å²) in [7, 11) is 0. The maximum absolute atomic E-state index is 13.8. The molecular weight excluding hydrogens is 527 g/mol. The van der Waals surface area contributed by atoms with Crippen molar-refractivity contribution in [3.05, 3.63) is 53.6 Å². The average molecular weight is 564 g/mol. The lowest BCUT2D eigenvalue weighted by Crippen LogP contribution is -2.58. The van der Waals surface area contributed by atoms with Crippen molar-refractivity contribution in [2.75, 3.05) is 31.1 Å². The van der Waals surface area contributed by atoms with Crippen LogP contribution in [0.3, 0.4) is 0 Å². The van der Waals surface area contributed by atoms with Gasteiger partial charge in [-0.15, -0.1) is 13.2 Å². The maximum atomic E-state index is 13.8. The number of amides is 2. The molecule has 4 aliphatic rings. The monoisotopic (exact) mass is 563 g/mol. The van der Waals surface area contributed by atoms with Crippen molar-refractivity contribution in [1.82, 2.24) is 9.80 Å². The SMILES string of the molecule is O=C(O)Cc1cccc(N2CCC3(CC2)C(O)N(CC2CCCC2)C(=O)N3CC2=CCC(OC(F)(F)F)C=C2)c1. The molecule has 2 heterocycles. The van der Waals surface area contributed by atoms with Crippen LogP contribution >= 0.6 is 0 Å². The molecule has 5 rings (SSSR count). The van der Waals surface area contributed by atoms with Crippen LogP contribution in [0.1, 0.15) is 50.5 Å². The molecular formula is C29H36F3N3O5. The van der Waals surface area contributed by atoms with Gasteiger partial charge in [0.25, 0.3) is 0 Å². The second-order valence-corrected chi connectivity index (χ2v) is 11.4. The number of piperidine rings is 1. The highest BCUT2D eigenvalue weighted by molar-refractivity contribution is 5.79. The summed E-state index contributed by atoms with van der Waals surface area (Å²) in [5.74, 6) is -0.551. The Bertz CT molecular complexity index is 1160. The fourth-order valence-electron chi connectivity index (χ4n) is 6.68. The molecule has 8 nitrogen and oxygen atoms in total. The standard InChI is InChI=1S/C29H36F3N3O5/c30-29(31,32)40-24-10-8-21(9-11-24)19-35-27(39)34(18-20-4-1-2-5-20)26(38)28(35)12-14-33(15-13-28)23-7-3-6-22(16-23)17-25(36)37/h3,6-10,16,20,24,26,38H,1-2,4-5,11-15,17-19H2,(H,36,37). The first-order valence-corrected chi connectivity index (χ1v) is 14.0. The second kappa shape index (κ2) is 11.4. The van der Waals surface area contributed by atoms with Crippen LogP contribution in [0.15, 0.2) is 48.1 Å². The van der Waals surface area contributed by atoms with Crippen molar-refractivity contribution in [2.45, 2.75) is 75.6 Å². The van der Waals surface area contributed by atoms with E-state index in [-0.39, 0.29) is 25.4 Å². The lowest BCUT2D eigenvalue weighted by atomic mass is 9.84. The number of hydrogen-bond donors (Lipinski definition) is 2. The van der Waals surface area contributed by atoms with Crippen LogP contribution in [-0.2, 0) is 16.0 Å². The number of halogens is 3. The number of aliphatic hydroxyl groups is 1. The Morgan fingerprint density at radius 1 is 1.15 bits per heavy atom. The Kier molecular flexibility index (Phi) is 8.15. The molecule has 0 bridgehead atoms. The van der Waals surface area contributed by atoms with E-state index >= 15 is 0 Å². The number of hydrogen-bond acceptors (Lipinski definition) is 5. The Morgan fingerprint density at radius 3 is 2.50 bits per heavy atom. The zero-order chi connectivity index (χ0) is 28.5. The van der Waals surface area contributed by atoms with Crippen LogP contribution in [0, 0.1) is 5.92 Å². The molecule has 1 aromatic carbocycles. The van der Waals surface area contributed by atoms with Gasteiger partial charge in [0.05, 0.1) is 18.1 Å². The molecule has 3 fully saturated rings. The third-order valence-electron chi connectivity index (χ3n) is 8.74. The summed E-state index contributed by atoms with van der Waals surface area (Å²) in [5.41, 5.74) is 1.48. The predicted octanol–water partition coefficient (Wildman–Crippen LogP) is 4.69. The first-order valence-electron chi connectivity index (χ1n) is 14.0. The van der Waals surface area contributed by atoms with Crippen molar-refractivity contribution < 1.29 is 37.7 Å². The van der Waals surface area contributed by atoms with Crippen molar-refractivity contribution >= 4 is 17.7 Å². The van der Waals surface area contributed by atoms with Gasteiger partial charge in [-0.25, -0.2) is 4.79 Å². The predicted molar refractivity (Wildman–Crippen MR) is 142 cm³/mol. The van der Waals surface area contributed by atoms with E-state index in [1.54, 1.807) is 28.0 Å². The number of carbonyl (C=O) groups is 2. The topological polar surface area (TPSA) is 93.5 Å². The highest BCUT2D eigenvalue weighted by atomic mass is 19.4. The number of carboxylic acids is 1. The number of carbonyl (C=O) groups excluding carboxylic acids is 1. The Labute approximate surface area is 231 Å². The van der Waals surface area contributed by atoms with Gasteiger partial charge in [0.1, 0.15) is 0 Å². The molecule has 1 aromatic rings. The van der Waals surface area contributed by atoms with Crippen LogP contribution in [0.4, 0.5) is 23.7 Å². The number of ether oxygens (including phenoxy) is 1. The second-order valence-electron chi connectivity index (χ2n) is 11.4. The molecule has 2 atom stereocenters. The Balaban J connectivity index is 1.33. The summed E-state index contributed by atoms with van der Waals surface area (Å²) in [5, 5.41) is 20.8. The molecule has 0 aromatic heterocycles. The minimum atomic E-state index is -4.72. The zero-order valence-corrected chi connectivity index (χ0v) is 22.4. The van der Waals surface area contributed by atoms with Crippen molar-refractivity contribution in [3.63, 3.8) is 0 Å². The minimum absolute atomic E-state index is 0.0508. The molecule has 2 saturated heterocycles. The van der Waals surface area contributed by atoms with Crippen LogP contribution in [-0.4, -0.2) is 82.4 Å². The maximum Gasteiger partial charge on any atom is 0.523 e. The highest BCUT2D eigenvalue weighted by Crippen LogP contribution is 2.43. The third kappa shape index (κ3) is 6.15. The van der Waals surface area contributed by atoms with E-state index < -0.39 is 30.2 Å². The lowest BCUT2D eigenvalue weighted by molar-refractivity contribution is -0.336. The third-order valence-corrected chi connectivity index (χ3v) is 8.74. The van der Waals surface area contributed by atoms with E-state index in [1.165, 1.54) is 6.08 Å². The summed E-state index contributed by atoms with van der Waals surface area (Å²) in [4.78, 5) is 30.4. The number of aliphatic hydroxyl groups excluding tert-OH is 1. The van der Waals surface area contributed by atoms with E-state index in [1.807, 2.05) is 18.2 Å². The molecule has 2 unspecified atom stereocenters. The average Bonchev–Trinajstić information content (AvgIpc) is 3.48. The van der Waals surface area contributed by atoms with Crippen LogP contribution < -0.4 is 4.90 Å². The number of carboxylic acid groups (broad SMARTS) is 1. The van der Waals surface area contributed by atoms with Crippen molar-refractivity contribution in [2.24, 2.45) is 5.92 Å². The number of aliphatic carboxylic acids is 1. The highest BCUT2D eigenvalue weighted by Gasteiger charge is 2.57. The summed E-state index contributed by atoms with van der Waals surface area (Å²) in [6, 6.07) is 7.17. The lowest BCUT2D eigenvalue weighted by Gasteiger charge is -2.46. The fourth-order valence-corrected chi connectivity index (χ4v) is 6.68. The van der Waals surface area contributed by atoms with Gasteiger partial charge in [0, 0.05) is 31.9 Å². The van der Waals surface area contributed by atoms with Crippen molar-refractivity contribution in [3.8, 4) is 0 Å². The number of rotatable bonds is 8. The van der Waals surface area contributed by atoms with Crippen molar-refractivity contribution in [1.29, 1.82) is 0 Å². The molecule has 40 heavy (non-hydrogen) atoms. The molecule has 1 spiro atoms. The number of urea groups is 1. The first kappa shape index (κ1) is 28.5. The number of benzene rings is 1. The summed E-state index contributed by atoms with van der Waals surface area (Å²) in [6.45, 7) is 1.81. The van der Waals surface area contributed by atoms with Gasteiger partial charge in [-0.3, -0.25) is 14.4 Å². The molecule has 2 N–H and O–H groups in total. The van der Waals surface area contributed by atoms with Gasteiger partial charge >= 0.3 is 18.4 Å². The van der Waals surface area contributed by atoms with Gasteiger partial charge < -0.3 is 20.0 Å². The number of anilines is 1. The quantitative estimate of drug-likeness (QED) is 0.477. The molecule has 11 heteroatoms. The summed E-state index contributed by atoms with van der Waals surface area (Å²) < 4.78 is 42.1. The smallest absolute Gasteiger partial charge is 0.481 e. The zero-order valence-electron chi connectivity index (χ0n) is 22.4. The molecule has 1 saturated carbocycles. The molecule has 2 aliphatic heterocycles. The van der Waals surface area contributed by atoms with Gasteiger partial charge in [-0.2, -0.15) is 0 Å².